The van der Waals surface area contributed by atoms with Gasteiger partial charge in [-0.1, -0.05) is 49.3 Å². The van der Waals surface area contributed by atoms with Crippen molar-refractivity contribution in [2.75, 3.05) is 0 Å². The monoisotopic (exact) mass is 293 g/mol. The third-order valence-corrected chi connectivity index (χ3v) is 3.19. The minimum atomic E-state index is -1.92. The number of carbonyl (C=O) groups excluding carboxylic acids is 1. The molecule has 0 unspecified atom stereocenters. The molecule has 20 heavy (non-hydrogen) atoms. The molecule has 0 amide bonds. The Hall–Kier alpha value is -1.62. The van der Waals surface area contributed by atoms with E-state index in [1.807, 2.05) is 63.8 Å². The first kappa shape index (κ1) is 16.4. The van der Waals surface area contributed by atoms with E-state index in [2.05, 4.69) is 5.16 Å². The number of rotatable bonds is 6. The quantitative estimate of drug-likeness (QED) is 0.457. The molecule has 0 bridgehead atoms. The van der Waals surface area contributed by atoms with Crippen LogP contribution in [0, 0.1) is 5.92 Å². The summed E-state index contributed by atoms with van der Waals surface area (Å²) in [6, 6.07) is 9.71. The summed E-state index contributed by atoms with van der Waals surface area (Å²) in [5.74, 6) is -0.401. The van der Waals surface area contributed by atoms with Gasteiger partial charge in [0.1, 0.15) is 6.61 Å². The maximum absolute atomic E-state index is 12.0. The number of benzene rings is 1. The van der Waals surface area contributed by atoms with Crippen molar-refractivity contribution in [2.24, 2.45) is 11.1 Å². The van der Waals surface area contributed by atoms with E-state index < -0.39 is 8.32 Å². The highest BCUT2D eigenvalue weighted by Gasteiger charge is 2.25. The molecule has 0 aromatic heterocycles. The average molecular weight is 293 g/mol. The molecule has 0 aliphatic heterocycles. The smallest absolute Gasteiger partial charge is 0.343 e. The first-order valence-corrected chi connectivity index (χ1v) is 10.2. The Bertz CT molecular complexity index is 464. The number of oxime groups is 1. The Morgan fingerprint density at radius 2 is 1.80 bits per heavy atom. The van der Waals surface area contributed by atoms with Gasteiger partial charge in [-0.25, -0.2) is 4.79 Å². The van der Waals surface area contributed by atoms with Gasteiger partial charge in [-0.3, -0.25) is 0 Å². The highest BCUT2D eigenvalue weighted by Crippen LogP contribution is 2.09. The Morgan fingerprint density at radius 1 is 1.20 bits per heavy atom. The molecule has 0 N–H and O–H groups in total. The minimum Gasteiger partial charge on any atom is -0.515 e. The maximum atomic E-state index is 12.0. The van der Waals surface area contributed by atoms with Crippen LogP contribution < -0.4 is 0 Å². The van der Waals surface area contributed by atoms with E-state index in [4.69, 9.17) is 9.26 Å². The zero-order valence-corrected chi connectivity index (χ0v) is 13.8. The molecule has 1 aromatic carbocycles. The molecule has 4 nitrogen and oxygen atoms in total. The van der Waals surface area contributed by atoms with Gasteiger partial charge in [0.25, 0.3) is 0 Å². The first-order chi connectivity index (χ1) is 9.29. The van der Waals surface area contributed by atoms with E-state index in [1.54, 1.807) is 0 Å². The van der Waals surface area contributed by atoms with Gasteiger partial charge in [-0.05, 0) is 25.2 Å². The molecule has 0 saturated heterocycles. The molecule has 0 radical (unpaired) electrons. The van der Waals surface area contributed by atoms with Crippen LogP contribution in [-0.4, -0.2) is 20.0 Å². The summed E-state index contributed by atoms with van der Waals surface area (Å²) in [7, 11) is -1.92. The lowest BCUT2D eigenvalue weighted by atomic mass is 10.1. The van der Waals surface area contributed by atoms with Crippen molar-refractivity contribution in [3.8, 4) is 0 Å². The van der Waals surface area contributed by atoms with Gasteiger partial charge in [-0.15, -0.1) is 0 Å². The van der Waals surface area contributed by atoms with Crippen molar-refractivity contribution in [2.45, 2.75) is 40.1 Å². The van der Waals surface area contributed by atoms with Gasteiger partial charge in [0.05, 0.1) is 0 Å². The Morgan fingerprint density at radius 3 is 2.30 bits per heavy atom. The van der Waals surface area contributed by atoms with Crippen LogP contribution in [0.25, 0.3) is 0 Å². The summed E-state index contributed by atoms with van der Waals surface area (Å²) in [4.78, 5) is 17.3. The molecule has 0 saturated carbocycles. The maximum Gasteiger partial charge on any atom is 0.343 e. The van der Waals surface area contributed by atoms with E-state index >= 15 is 0 Å². The third-order valence-electron chi connectivity index (χ3n) is 2.39. The number of hydrogen-bond acceptors (Lipinski definition) is 4. The van der Waals surface area contributed by atoms with Crippen molar-refractivity contribution in [1.29, 1.82) is 0 Å². The summed E-state index contributed by atoms with van der Waals surface area (Å²) in [6.45, 7) is 10.0. The molecule has 1 rings (SSSR count). The van der Waals surface area contributed by atoms with E-state index in [-0.39, 0.29) is 11.9 Å². The van der Waals surface area contributed by atoms with Crippen LogP contribution in [0.3, 0.4) is 0 Å². The van der Waals surface area contributed by atoms with Gasteiger partial charge in [0.2, 0.25) is 8.32 Å². The van der Waals surface area contributed by atoms with Crippen molar-refractivity contribution >= 4 is 20.0 Å². The van der Waals surface area contributed by atoms with Crippen LogP contribution in [0.4, 0.5) is 0 Å². The zero-order valence-electron chi connectivity index (χ0n) is 12.8. The van der Waals surface area contributed by atoms with Gasteiger partial charge >= 0.3 is 5.97 Å². The second kappa shape index (κ2) is 7.24. The molecular weight excluding hydrogens is 270 g/mol. The van der Waals surface area contributed by atoms with E-state index in [0.717, 1.165) is 5.56 Å². The molecular formula is C15H23NO3Si. The lowest BCUT2D eigenvalue weighted by Gasteiger charge is -2.19. The fraction of sp³-hybridized carbons (Fsp3) is 0.467. The second-order valence-electron chi connectivity index (χ2n) is 5.89. The molecule has 0 fully saturated rings. The zero-order chi connectivity index (χ0) is 15.2. The van der Waals surface area contributed by atoms with Crippen LogP contribution in [0.5, 0.6) is 0 Å². The van der Waals surface area contributed by atoms with Gasteiger partial charge in [-0.2, -0.15) is 0 Å². The predicted octanol–water partition coefficient (Wildman–Crippen LogP) is 3.59. The van der Waals surface area contributed by atoms with Crippen LogP contribution >= 0.6 is 0 Å². The standard InChI is InChI=1S/C15H23NO3Si/c1-12(2)14(15(17)19-20(3,4)5)16-18-11-13-9-7-6-8-10-13/h6-10,12H,11H2,1-5H3/b16-14-. The summed E-state index contributed by atoms with van der Waals surface area (Å²) in [5, 5.41) is 3.97. The van der Waals surface area contributed by atoms with Gasteiger partial charge in [0, 0.05) is 5.92 Å². The lowest BCUT2D eigenvalue weighted by molar-refractivity contribution is -0.128. The van der Waals surface area contributed by atoms with Crippen LogP contribution in [-0.2, 0) is 20.7 Å². The fourth-order valence-electron chi connectivity index (χ4n) is 1.46. The Labute approximate surface area is 121 Å². The summed E-state index contributed by atoms with van der Waals surface area (Å²) in [6.07, 6.45) is 0. The predicted molar refractivity (Wildman–Crippen MR) is 82.9 cm³/mol. The normalized spacial score (nSPS) is 12.4. The highest BCUT2D eigenvalue weighted by atomic mass is 28.4. The summed E-state index contributed by atoms with van der Waals surface area (Å²) < 4.78 is 5.45. The van der Waals surface area contributed by atoms with Gasteiger partial charge in [0.15, 0.2) is 5.71 Å². The van der Waals surface area contributed by atoms with Crippen LogP contribution in [0.15, 0.2) is 35.5 Å². The molecule has 0 aliphatic carbocycles. The second-order valence-corrected chi connectivity index (χ2v) is 10.3. The van der Waals surface area contributed by atoms with Crippen LogP contribution in [0.1, 0.15) is 19.4 Å². The summed E-state index contributed by atoms with van der Waals surface area (Å²) in [5.41, 5.74) is 1.35. The summed E-state index contributed by atoms with van der Waals surface area (Å²) >= 11 is 0. The minimum absolute atomic E-state index is 0.0328. The van der Waals surface area contributed by atoms with Gasteiger partial charge < -0.3 is 9.26 Å². The number of carbonyl (C=O) groups is 1. The molecule has 0 aliphatic rings. The van der Waals surface area contributed by atoms with Crippen molar-refractivity contribution in [1.82, 2.24) is 0 Å². The van der Waals surface area contributed by atoms with Crippen molar-refractivity contribution in [3.63, 3.8) is 0 Å². The molecule has 0 spiro atoms. The van der Waals surface area contributed by atoms with Crippen molar-refractivity contribution < 1.29 is 14.1 Å². The lowest BCUT2D eigenvalue weighted by Crippen LogP contribution is -2.35. The molecule has 0 atom stereocenters. The SMILES string of the molecule is CC(C)/C(=N/OCc1ccccc1)C(=O)O[Si](C)(C)C. The van der Waals surface area contributed by atoms with E-state index in [1.165, 1.54) is 0 Å². The average Bonchev–Trinajstić information content (AvgIpc) is 2.33. The largest absolute Gasteiger partial charge is 0.515 e. The molecule has 1 aromatic rings. The Kier molecular flexibility index (Phi) is 5.95. The Balaban J connectivity index is 2.66. The first-order valence-electron chi connectivity index (χ1n) is 6.76. The topological polar surface area (TPSA) is 47.9 Å². The molecule has 0 heterocycles. The highest BCUT2D eigenvalue weighted by molar-refractivity contribution is 6.72. The fourth-order valence-corrected chi connectivity index (χ4v) is 2.12. The molecule has 5 heteroatoms. The number of hydrogen-bond donors (Lipinski definition) is 0. The van der Waals surface area contributed by atoms with E-state index in [9.17, 15) is 4.79 Å². The van der Waals surface area contributed by atoms with Crippen molar-refractivity contribution in [3.05, 3.63) is 35.9 Å². The van der Waals surface area contributed by atoms with E-state index in [0.29, 0.717) is 12.3 Å². The number of nitrogens with zero attached hydrogens (tertiary/aromatic N) is 1. The third kappa shape index (κ3) is 6.01. The molecule has 110 valence electrons. The van der Waals surface area contributed by atoms with Crippen LogP contribution in [0.2, 0.25) is 19.6 Å².